The Labute approximate surface area is 128 Å². The molecule has 0 aliphatic rings. The average Bonchev–Trinajstić information content (AvgIpc) is 2.49. The van der Waals surface area contributed by atoms with Crippen molar-refractivity contribution in [1.82, 2.24) is 4.98 Å². The summed E-state index contributed by atoms with van der Waals surface area (Å²) in [5, 5.41) is 19.8. The maximum absolute atomic E-state index is 11.0. The van der Waals surface area contributed by atoms with E-state index in [-0.39, 0.29) is 17.1 Å². The smallest absolute Gasteiger partial charge is 0.332 e. The molecule has 0 amide bonds. The number of hydrogen-bond donors (Lipinski definition) is 0. The van der Waals surface area contributed by atoms with E-state index in [1.54, 1.807) is 24.3 Å². The summed E-state index contributed by atoms with van der Waals surface area (Å²) in [6, 6.07) is 7.80. The van der Waals surface area contributed by atoms with Crippen molar-refractivity contribution < 1.29 is 14.4 Å². The molecule has 0 N–H and O–H groups in total. The summed E-state index contributed by atoms with van der Waals surface area (Å²) in [7, 11) is 1.52. The molecule has 106 valence electrons. The van der Waals surface area contributed by atoms with Gasteiger partial charge in [-0.3, -0.25) is 10.1 Å². The van der Waals surface area contributed by atoms with Crippen molar-refractivity contribution in [2.75, 3.05) is 7.11 Å². The molecule has 0 aliphatic carbocycles. The fourth-order valence-electron chi connectivity index (χ4n) is 1.51. The van der Waals surface area contributed by atoms with Crippen LogP contribution in [0.15, 0.2) is 34.9 Å². The van der Waals surface area contributed by atoms with Gasteiger partial charge in [0, 0.05) is 12.3 Å². The second-order valence-corrected chi connectivity index (χ2v) is 4.67. The van der Waals surface area contributed by atoms with Crippen LogP contribution in [0.3, 0.4) is 0 Å². The van der Waals surface area contributed by atoms with Gasteiger partial charge in [0.25, 0.3) is 5.88 Å². The number of pyridine rings is 1. The van der Waals surface area contributed by atoms with Gasteiger partial charge in [-0.25, -0.2) is 4.98 Å². The third kappa shape index (κ3) is 3.27. The zero-order chi connectivity index (χ0) is 15.4. The van der Waals surface area contributed by atoms with Crippen LogP contribution in [0.25, 0.3) is 0 Å². The highest BCUT2D eigenvalue weighted by atomic mass is 79.9. The molecule has 2 aromatic rings. The van der Waals surface area contributed by atoms with Crippen LogP contribution in [0.5, 0.6) is 17.4 Å². The van der Waals surface area contributed by atoms with Crippen LogP contribution in [0.2, 0.25) is 0 Å². The van der Waals surface area contributed by atoms with Gasteiger partial charge >= 0.3 is 5.69 Å². The van der Waals surface area contributed by atoms with Gasteiger partial charge in [0.05, 0.1) is 22.1 Å². The Morgan fingerprint density at radius 2 is 2.19 bits per heavy atom. The quantitative estimate of drug-likeness (QED) is 0.619. The first kappa shape index (κ1) is 14.7. The normalized spacial score (nSPS) is 9.76. The van der Waals surface area contributed by atoms with Crippen molar-refractivity contribution in [2.45, 2.75) is 0 Å². The van der Waals surface area contributed by atoms with E-state index in [1.165, 1.54) is 13.3 Å². The minimum Gasteiger partial charge on any atom is -0.497 e. The molecule has 7 nitrogen and oxygen atoms in total. The van der Waals surface area contributed by atoms with Gasteiger partial charge in [0.1, 0.15) is 17.6 Å². The summed E-state index contributed by atoms with van der Waals surface area (Å²) in [5.74, 6) is 0.762. The lowest BCUT2D eigenvalue weighted by atomic mass is 10.3. The van der Waals surface area contributed by atoms with Crippen LogP contribution in [-0.4, -0.2) is 17.0 Å². The Morgan fingerprint density at radius 1 is 1.43 bits per heavy atom. The highest BCUT2D eigenvalue weighted by Gasteiger charge is 2.19. The van der Waals surface area contributed by atoms with Crippen molar-refractivity contribution >= 4 is 21.6 Å². The molecule has 0 bridgehead atoms. The molecule has 1 heterocycles. The molecule has 1 aromatic heterocycles. The molecule has 0 saturated heterocycles. The van der Waals surface area contributed by atoms with E-state index in [0.717, 1.165) is 6.07 Å². The molecule has 0 saturated carbocycles. The van der Waals surface area contributed by atoms with Crippen molar-refractivity contribution in [3.8, 4) is 23.4 Å². The number of nitriles is 1. The number of aromatic nitrogens is 1. The van der Waals surface area contributed by atoms with Crippen molar-refractivity contribution in [3.63, 3.8) is 0 Å². The molecule has 1 aromatic carbocycles. The maximum atomic E-state index is 11.0. The molecule has 0 atom stereocenters. The SMILES string of the molecule is COc1ccc(Oc2ncc(C#N)cc2[N+](=O)[O-])c(Br)c1. The zero-order valence-corrected chi connectivity index (χ0v) is 12.3. The fraction of sp³-hybridized carbons (Fsp3) is 0.0769. The van der Waals surface area contributed by atoms with Gasteiger partial charge in [0.2, 0.25) is 0 Å². The van der Waals surface area contributed by atoms with Crippen molar-refractivity contribution in [1.29, 1.82) is 5.26 Å². The summed E-state index contributed by atoms with van der Waals surface area (Å²) >= 11 is 3.28. The second kappa shape index (κ2) is 6.19. The maximum Gasteiger partial charge on any atom is 0.332 e. The minimum atomic E-state index is -0.652. The Hall–Kier alpha value is -2.66. The van der Waals surface area contributed by atoms with E-state index in [2.05, 4.69) is 20.9 Å². The van der Waals surface area contributed by atoms with E-state index in [9.17, 15) is 10.1 Å². The lowest BCUT2D eigenvalue weighted by Gasteiger charge is -2.08. The number of hydrogen-bond acceptors (Lipinski definition) is 6. The zero-order valence-electron chi connectivity index (χ0n) is 10.7. The highest BCUT2D eigenvalue weighted by Crippen LogP contribution is 2.35. The van der Waals surface area contributed by atoms with Crippen molar-refractivity contribution in [3.05, 3.63) is 50.6 Å². The third-order valence-electron chi connectivity index (χ3n) is 2.50. The van der Waals surface area contributed by atoms with Crippen LogP contribution in [-0.2, 0) is 0 Å². The number of rotatable bonds is 4. The van der Waals surface area contributed by atoms with E-state index in [1.807, 2.05) is 0 Å². The van der Waals surface area contributed by atoms with Crippen LogP contribution in [0.1, 0.15) is 5.56 Å². The summed E-state index contributed by atoms with van der Waals surface area (Å²) in [6.45, 7) is 0. The second-order valence-electron chi connectivity index (χ2n) is 3.82. The van der Waals surface area contributed by atoms with Gasteiger partial charge in [0.15, 0.2) is 0 Å². The Kier molecular flexibility index (Phi) is 4.35. The fourth-order valence-corrected chi connectivity index (χ4v) is 1.95. The molecular formula is C13H8BrN3O4. The predicted molar refractivity (Wildman–Crippen MR) is 76.4 cm³/mol. The molecule has 0 unspecified atom stereocenters. The van der Waals surface area contributed by atoms with E-state index in [4.69, 9.17) is 14.7 Å². The molecule has 0 fully saturated rings. The van der Waals surface area contributed by atoms with Crippen molar-refractivity contribution in [2.24, 2.45) is 0 Å². The first-order valence-electron chi connectivity index (χ1n) is 5.61. The summed E-state index contributed by atoms with van der Waals surface area (Å²) < 4.78 is 11.0. The summed E-state index contributed by atoms with van der Waals surface area (Å²) in [4.78, 5) is 14.2. The topological polar surface area (TPSA) is 98.3 Å². The molecule has 21 heavy (non-hydrogen) atoms. The minimum absolute atomic E-state index is 0.0860. The Bertz CT molecular complexity index is 743. The van der Waals surface area contributed by atoms with Crippen LogP contribution in [0, 0.1) is 21.4 Å². The van der Waals surface area contributed by atoms with Crippen LogP contribution in [0.4, 0.5) is 5.69 Å². The molecular weight excluding hydrogens is 342 g/mol. The first-order chi connectivity index (χ1) is 10.0. The molecule has 8 heteroatoms. The summed E-state index contributed by atoms with van der Waals surface area (Å²) in [6.07, 6.45) is 1.21. The number of methoxy groups -OCH3 is 1. The number of halogens is 1. The summed E-state index contributed by atoms with van der Waals surface area (Å²) in [5.41, 5.74) is -0.292. The van der Waals surface area contributed by atoms with E-state index >= 15 is 0 Å². The number of benzene rings is 1. The number of ether oxygens (including phenoxy) is 2. The van der Waals surface area contributed by atoms with Gasteiger partial charge in [-0.05, 0) is 34.1 Å². The molecule has 0 radical (unpaired) electrons. The first-order valence-corrected chi connectivity index (χ1v) is 6.40. The van der Waals surface area contributed by atoms with E-state index < -0.39 is 4.92 Å². The monoisotopic (exact) mass is 349 g/mol. The van der Waals surface area contributed by atoms with Crippen LogP contribution >= 0.6 is 15.9 Å². The van der Waals surface area contributed by atoms with E-state index in [0.29, 0.717) is 16.0 Å². The lowest BCUT2D eigenvalue weighted by Crippen LogP contribution is -1.97. The lowest BCUT2D eigenvalue weighted by molar-refractivity contribution is -0.386. The van der Waals surface area contributed by atoms with Gasteiger partial charge < -0.3 is 9.47 Å². The number of nitro groups is 1. The largest absolute Gasteiger partial charge is 0.497 e. The van der Waals surface area contributed by atoms with Crippen LogP contribution < -0.4 is 9.47 Å². The predicted octanol–water partition coefficient (Wildman–Crippen LogP) is 3.42. The number of nitrogens with zero attached hydrogens (tertiary/aromatic N) is 3. The highest BCUT2D eigenvalue weighted by molar-refractivity contribution is 9.10. The molecule has 0 aliphatic heterocycles. The van der Waals surface area contributed by atoms with Gasteiger partial charge in [-0.15, -0.1) is 0 Å². The Morgan fingerprint density at radius 3 is 2.76 bits per heavy atom. The van der Waals surface area contributed by atoms with Gasteiger partial charge in [-0.2, -0.15) is 5.26 Å². The standard InChI is InChI=1S/C13H8BrN3O4/c1-20-9-2-3-12(10(14)5-9)21-13-11(17(18)19)4-8(6-15)7-16-13/h2-5,7H,1H3. The average molecular weight is 350 g/mol. The molecule has 2 rings (SSSR count). The Balaban J connectivity index is 2.40. The van der Waals surface area contributed by atoms with Gasteiger partial charge in [-0.1, -0.05) is 0 Å². The molecule has 0 spiro atoms. The third-order valence-corrected chi connectivity index (χ3v) is 3.12.